The third-order valence-corrected chi connectivity index (χ3v) is 4.45. The van der Waals surface area contributed by atoms with Gasteiger partial charge in [-0.1, -0.05) is 6.07 Å². The van der Waals surface area contributed by atoms with Crippen LogP contribution >= 0.6 is 0 Å². The van der Waals surface area contributed by atoms with Gasteiger partial charge in [0.05, 0.1) is 15.0 Å². The summed E-state index contributed by atoms with van der Waals surface area (Å²) in [7, 11) is -2.82. The quantitative estimate of drug-likeness (QED) is 0.781. The van der Waals surface area contributed by atoms with Gasteiger partial charge < -0.3 is 0 Å². The molecule has 0 saturated carbocycles. The minimum absolute atomic E-state index is 0.342. The van der Waals surface area contributed by atoms with Gasteiger partial charge in [-0.3, -0.25) is 4.98 Å². The molecule has 8 heteroatoms. The Bertz CT molecular complexity index is 580. The normalized spacial score (nSPS) is 16.4. The van der Waals surface area contributed by atoms with Crippen LogP contribution in [0.2, 0.25) is 0 Å². The standard InChI is InChI=1S/C10H10F3N3OS/c1-7(18(2,17)16-6-14)8-3-4-9(15-5-8)10(11,12)13/h3-5,7H,1-2H3/t7-,18?/m1/s1. The highest BCUT2D eigenvalue weighted by Gasteiger charge is 2.32. The lowest BCUT2D eigenvalue weighted by molar-refractivity contribution is -0.141. The summed E-state index contributed by atoms with van der Waals surface area (Å²) in [5, 5.41) is 7.71. The number of aromatic nitrogens is 1. The smallest absolute Gasteiger partial charge is 0.251 e. The number of hydrogen-bond acceptors (Lipinski definition) is 4. The van der Waals surface area contributed by atoms with Gasteiger partial charge in [0.25, 0.3) is 0 Å². The minimum Gasteiger partial charge on any atom is -0.251 e. The zero-order valence-corrected chi connectivity index (χ0v) is 10.4. The first-order valence-electron chi connectivity index (χ1n) is 4.80. The van der Waals surface area contributed by atoms with E-state index in [9.17, 15) is 17.4 Å². The first-order chi connectivity index (χ1) is 8.18. The molecule has 0 amide bonds. The van der Waals surface area contributed by atoms with Crippen LogP contribution in [0.5, 0.6) is 0 Å². The molecule has 2 atom stereocenters. The monoisotopic (exact) mass is 277 g/mol. The number of halogens is 3. The van der Waals surface area contributed by atoms with Crippen LogP contribution in [0.4, 0.5) is 13.2 Å². The molecule has 1 aromatic rings. The van der Waals surface area contributed by atoms with Crippen molar-refractivity contribution in [3.8, 4) is 6.19 Å². The highest BCUT2D eigenvalue weighted by Crippen LogP contribution is 2.29. The van der Waals surface area contributed by atoms with Gasteiger partial charge in [0.1, 0.15) is 5.69 Å². The average Bonchev–Trinajstić information content (AvgIpc) is 2.27. The van der Waals surface area contributed by atoms with Gasteiger partial charge in [-0.2, -0.15) is 18.4 Å². The maximum Gasteiger partial charge on any atom is 0.433 e. The summed E-state index contributed by atoms with van der Waals surface area (Å²) < 4.78 is 52.1. The Morgan fingerprint density at radius 1 is 1.50 bits per heavy atom. The molecule has 0 spiro atoms. The zero-order valence-electron chi connectivity index (χ0n) is 9.60. The lowest BCUT2D eigenvalue weighted by Crippen LogP contribution is -2.11. The molecular formula is C10H10F3N3OS. The Kier molecular flexibility index (Phi) is 3.96. The van der Waals surface area contributed by atoms with E-state index in [4.69, 9.17) is 5.26 Å². The SMILES string of the molecule is C[C@H](c1ccc(C(F)(F)F)nc1)S(C)(=O)=NC#N. The van der Waals surface area contributed by atoms with Crippen molar-refractivity contribution in [1.82, 2.24) is 4.98 Å². The fourth-order valence-corrected chi connectivity index (χ4v) is 2.19. The molecule has 0 aromatic carbocycles. The zero-order chi connectivity index (χ0) is 14.0. The fraction of sp³-hybridized carbons (Fsp3) is 0.400. The molecule has 0 aliphatic heterocycles. The molecule has 0 fully saturated rings. The van der Waals surface area contributed by atoms with Crippen LogP contribution in [0.15, 0.2) is 22.7 Å². The molecule has 0 aliphatic rings. The van der Waals surface area contributed by atoms with Crippen LogP contribution in [0, 0.1) is 11.5 Å². The van der Waals surface area contributed by atoms with Gasteiger partial charge in [-0.05, 0) is 18.6 Å². The third-order valence-electron chi connectivity index (χ3n) is 2.42. The molecule has 0 aliphatic carbocycles. The van der Waals surface area contributed by atoms with Gasteiger partial charge >= 0.3 is 6.18 Å². The maximum atomic E-state index is 12.3. The summed E-state index contributed by atoms with van der Waals surface area (Å²) in [6.07, 6.45) is -0.784. The molecule has 98 valence electrons. The Balaban J connectivity index is 3.12. The Morgan fingerprint density at radius 3 is 2.50 bits per heavy atom. The van der Waals surface area contributed by atoms with E-state index < -0.39 is 26.8 Å². The van der Waals surface area contributed by atoms with Crippen molar-refractivity contribution in [3.05, 3.63) is 29.6 Å². The number of nitrogens with zero attached hydrogens (tertiary/aromatic N) is 3. The van der Waals surface area contributed by atoms with Crippen LogP contribution < -0.4 is 0 Å². The summed E-state index contributed by atoms with van der Waals surface area (Å²) in [4.78, 5) is 3.27. The number of pyridine rings is 1. The molecule has 0 N–H and O–H groups in total. The summed E-state index contributed by atoms with van der Waals surface area (Å²) in [5.41, 5.74) is -0.673. The van der Waals surface area contributed by atoms with Crippen LogP contribution in [0.25, 0.3) is 0 Å². The molecule has 0 bridgehead atoms. The maximum absolute atomic E-state index is 12.3. The third kappa shape index (κ3) is 3.20. The predicted octanol–water partition coefficient (Wildman–Crippen LogP) is 2.74. The summed E-state index contributed by atoms with van der Waals surface area (Å²) in [6.45, 7) is 1.52. The topological polar surface area (TPSA) is 66.1 Å². The van der Waals surface area contributed by atoms with Crippen molar-refractivity contribution in [2.24, 2.45) is 4.36 Å². The van der Waals surface area contributed by atoms with Gasteiger partial charge in [0.15, 0.2) is 0 Å². The van der Waals surface area contributed by atoms with Crippen molar-refractivity contribution in [2.75, 3.05) is 6.26 Å². The van der Waals surface area contributed by atoms with Crippen LogP contribution in [0.3, 0.4) is 0 Å². The largest absolute Gasteiger partial charge is 0.433 e. The Morgan fingerprint density at radius 2 is 2.11 bits per heavy atom. The highest BCUT2D eigenvalue weighted by atomic mass is 32.2. The second-order valence-corrected chi connectivity index (χ2v) is 6.28. The van der Waals surface area contributed by atoms with Crippen molar-refractivity contribution < 1.29 is 17.4 Å². The second-order valence-electron chi connectivity index (χ2n) is 3.67. The highest BCUT2D eigenvalue weighted by molar-refractivity contribution is 7.93. The van der Waals surface area contributed by atoms with Crippen LogP contribution in [-0.4, -0.2) is 15.4 Å². The number of rotatable bonds is 2. The van der Waals surface area contributed by atoms with E-state index in [1.165, 1.54) is 25.4 Å². The van der Waals surface area contributed by atoms with E-state index >= 15 is 0 Å². The van der Waals surface area contributed by atoms with E-state index in [1.807, 2.05) is 0 Å². The molecule has 0 saturated heterocycles. The van der Waals surface area contributed by atoms with Crippen molar-refractivity contribution >= 4 is 9.73 Å². The summed E-state index contributed by atoms with van der Waals surface area (Å²) in [6, 6.07) is 2.00. The molecule has 1 heterocycles. The predicted molar refractivity (Wildman–Crippen MR) is 59.8 cm³/mol. The molecule has 1 rings (SSSR count). The first kappa shape index (κ1) is 14.4. The molecule has 18 heavy (non-hydrogen) atoms. The molecule has 1 unspecified atom stereocenters. The number of nitriles is 1. The van der Waals surface area contributed by atoms with Gasteiger partial charge in [-0.25, -0.2) is 4.21 Å². The summed E-state index contributed by atoms with van der Waals surface area (Å²) >= 11 is 0. The molecular weight excluding hydrogens is 267 g/mol. The second kappa shape index (κ2) is 4.94. The minimum atomic E-state index is -4.51. The van der Waals surface area contributed by atoms with Crippen LogP contribution in [0.1, 0.15) is 23.4 Å². The van der Waals surface area contributed by atoms with E-state index in [0.717, 1.165) is 12.3 Å². The van der Waals surface area contributed by atoms with Crippen molar-refractivity contribution in [1.29, 1.82) is 5.26 Å². The van der Waals surface area contributed by atoms with E-state index in [2.05, 4.69) is 9.35 Å². The molecule has 0 radical (unpaired) electrons. The van der Waals surface area contributed by atoms with E-state index in [-0.39, 0.29) is 0 Å². The fourth-order valence-electron chi connectivity index (χ4n) is 1.23. The molecule has 4 nitrogen and oxygen atoms in total. The Hall–Kier alpha value is -1.62. The van der Waals surface area contributed by atoms with Gasteiger partial charge in [-0.15, -0.1) is 4.36 Å². The first-order valence-corrected chi connectivity index (χ1v) is 6.79. The van der Waals surface area contributed by atoms with Gasteiger partial charge in [0.2, 0.25) is 6.19 Å². The average molecular weight is 277 g/mol. The Labute approximate surface area is 103 Å². The number of hydrogen-bond donors (Lipinski definition) is 0. The molecule has 1 aromatic heterocycles. The lowest BCUT2D eigenvalue weighted by atomic mass is 10.2. The lowest BCUT2D eigenvalue weighted by Gasteiger charge is -2.13. The van der Waals surface area contributed by atoms with E-state index in [0.29, 0.717) is 5.56 Å². The number of alkyl halides is 3. The van der Waals surface area contributed by atoms with Crippen LogP contribution in [-0.2, 0) is 15.9 Å². The van der Waals surface area contributed by atoms with Crippen molar-refractivity contribution in [3.63, 3.8) is 0 Å². The van der Waals surface area contributed by atoms with Gasteiger partial charge in [0, 0.05) is 12.5 Å². The van der Waals surface area contributed by atoms with E-state index in [1.54, 1.807) is 0 Å². The summed E-state index contributed by atoms with van der Waals surface area (Å²) in [5.74, 6) is 0. The van der Waals surface area contributed by atoms with Crippen molar-refractivity contribution in [2.45, 2.75) is 18.3 Å².